The Morgan fingerprint density at radius 2 is 1.67 bits per heavy atom. The highest BCUT2D eigenvalue weighted by Crippen LogP contribution is 2.50. The van der Waals surface area contributed by atoms with Crippen molar-refractivity contribution in [2.75, 3.05) is 38.3 Å². The molecule has 196 valence electrons. The average Bonchev–Trinajstić information content (AvgIpc) is 3.10. The largest absolute Gasteiger partial charge is 0.495 e. The quantitative estimate of drug-likeness (QED) is 0.581. The number of morpholine rings is 1. The second-order valence-corrected chi connectivity index (χ2v) is 9.16. The number of ether oxygens (including phenoxy) is 2. The van der Waals surface area contributed by atoms with Crippen LogP contribution in [0.4, 0.5) is 32.0 Å². The molecule has 1 saturated heterocycles. The first-order chi connectivity index (χ1) is 16.8. The van der Waals surface area contributed by atoms with Crippen molar-refractivity contribution in [1.29, 1.82) is 0 Å². The van der Waals surface area contributed by atoms with Crippen LogP contribution >= 0.6 is 0 Å². The van der Waals surface area contributed by atoms with E-state index in [4.69, 9.17) is 9.47 Å². The molecule has 0 amide bonds. The van der Waals surface area contributed by atoms with Crippen molar-refractivity contribution in [2.45, 2.75) is 37.7 Å². The lowest BCUT2D eigenvalue weighted by molar-refractivity contribution is -0.376. The number of nitrogens with zero attached hydrogens (tertiary/aromatic N) is 1. The summed E-state index contributed by atoms with van der Waals surface area (Å²) in [5, 5.41) is 9.83. The maximum absolute atomic E-state index is 13.4. The third-order valence-corrected chi connectivity index (χ3v) is 6.72. The van der Waals surface area contributed by atoms with Gasteiger partial charge in [-0.15, -0.1) is 0 Å². The summed E-state index contributed by atoms with van der Waals surface area (Å²) in [5.41, 5.74) is -4.18. The molecule has 0 spiro atoms. The summed E-state index contributed by atoms with van der Waals surface area (Å²) in [6, 6.07) is 6.26. The van der Waals surface area contributed by atoms with Gasteiger partial charge >= 0.3 is 12.4 Å². The van der Waals surface area contributed by atoms with Crippen LogP contribution in [0.1, 0.15) is 32.6 Å². The van der Waals surface area contributed by atoms with Gasteiger partial charge in [0, 0.05) is 30.1 Å². The van der Waals surface area contributed by atoms with E-state index in [0.717, 1.165) is 11.3 Å². The minimum Gasteiger partial charge on any atom is -0.495 e. The van der Waals surface area contributed by atoms with Crippen molar-refractivity contribution in [2.24, 2.45) is 5.92 Å². The molecule has 0 aromatic heterocycles. The van der Waals surface area contributed by atoms with Gasteiger partial charge in [-0.05, 0) is 43.0 Å². The zero-order valence-corrected chi connectivity index (χ0v) is 19.6. The highest BCUT2D eigenvalue weighted by molar-refractivity contribution is 6.03. The lowest BCUT2D eigenvalue weighted by Gasteiger charge is -2.33. The first kappa shape index (κ1) is 26.3. The summed E-state index contributed by atoms with van der Waals surface area (Å²) in [5.74, 6) is -0.436. The van der Waals surface area contributed by atoms with Crippen molar-refractivity contribution < 1.29 is 45.7 Å². The number of fused-ring (bicyclic) bond motifs is 1. The van der Waals surface area contributed by atoms with Gasteiger partial charge in [-0.2, -0.15) is 26.3 Å². The van der Waals surface area contributed by atoms with Crippen LogP contribution in [0.5, 0.6) is 5.75 Å². The molecule has 11 heteroatoms. The number of methoxy groups -OCH3 is 1. The van der Waals surface area contributed by atoms with E-state index in [2.05, 4.69) is 4.90 Å². The fraction of sp³-hybridized carbons (Fsp3) is 0.480. The predicted molar refractivity (Wildman–Crippen MR) is 118 cm³/mol. The molecule has 1 unspecified atom stereocenters. The molecule has 0 bridgehead atoms. The maximum atomic E-state index is 13.4. The normalized spacial score (nSPS) is 19.0. The predicted octanol–water partition coefficient (Wildman–Crippen LogP) is 4.75. The second-order valence-electron chi connectivity index (χ2n) is 9.16. The number of aryl methyl sites for hydroxylation is 1. The third kappa shape index (κ3) is 4.54. The molecule has 1 fully saturated rings. The summed E-state index contributed by atoms with van der Waals surface area (Å²) in [4.78, 5) is 15.2. The Bertz CT molecular complexity index is 1140. The van der Waals surface area contributed by atoms with Gasteiger partial charge in [-0.1, -0.05) is 23.8 Å². The molecule has 36 heavy (non-hydrogen) atoms. The number of hydrogen-bond acceptors (Lipinski definition) is 5. The minimum atomic E-state index is -5.98. The molecule has 2 aliphatic rings. The van der Waals surface area contributed by atoms with Crippen LogP contribution in [0, 0.1) is 12.8 Å². The highest BCUT2D eigenvalue weighted by Gasteiger charge is 2.71. The number of aliphatic hydroxyl groups is 1. The van der Waals surface area contributed by atoms with Crippen molar-refractivity contribution in [3.8, 4) is 5.75 Å². The van der Waals surface area contributed by atoms with Gasteiger partial charge in [0.25, 0.3) is 5.60 Å². The van der Waals surface area contributed by atoms with Crippen LogP contribution in [0.2, 0.25) is 0 Å². The lowest BCUT2D eigenvalue weighted by Crippen LogP contribution is -2.54. The Kier molecular flexibility index (Phi) is 6.76. The summed E-state index contributed by atoms with van der Waals surface area (Å²) >= 11 is 0. The Hall–Kier alpha value is -2.79. The Balaban J connectivity index is 1.65. The Morgan fingerprint density at radius 3 is 2.25 bits per heavy atom. The van der Waals surface area contributed by atoms with Crippen LogP contribution in [-0.2, 0) is 23.2 Å². The molecule has 1 aliphatic heterocycles. The summed E-state index contributed by atoms with van der Waals surface area (Å²) in [6.07, 6.45) is -11.8. The number of hydrogen-bond donors (Lipinski definition) is 1. The lowest BCUT2D eigenvalue weighted by atomic mass is 9.87. The first-order valence-electron chi connectivity index (χ1n) is 11.3. The minimum absolute atomic E-state index is 0.0802. The van der Waals surface area contributed by atoms with Crippen LogP contribution in [-0.4, -0.2) is 56.7 Å². The molecule has 1 aliphatic carbocycles. The first-order valence-corrected chi connectivity index (χ1v) is 11.3. The van der Waals surface area contributed by atoms with Gasteiger partial charge in [0.05, 0.1) is 26.0 Å². The molecule has 1 N–H and O–H groups in total. The van der Waals surface area contributed by atoms with Crippen molar-refractivity contribution in [1.82, 2.24) is 0 Å². The Labute approximate surface area is 203 Å². The molecule has 0 saturated carbocycles. The monoisotopic (exact) mass is 517 g/mol. The molecule has 5 nitrogen and oxygen atoms in total. The summed E-state index contributed by atoms with van der Waals surface area (Å²) in [7, 11) is 1.49. The zero-order valence-electron chi connectivity index (χ0n) is 19.6. The van der Waals surface area contributed by atoms with E-state index in [1.54, 1.807) is 6.07 Å². The number of carbonyl (C=O) groups excluding carboxylic acids is 1. The van der Waals surface area contributed by atoms with E-state index in [1.165, 1.54) is 20.1 Å². The number of benzene rings is 2. The number of anilines is 1. The molecule has 1 atom stereocenters. The number of rotatable bonds is 5. The van der Waals surface area contributed by atoms with Gasteiger partial charge in [-0.25, -0.2) is 0 Å². The van der Waals surface area contributed by atoms with E-state index in [1.807, 2.05) is 6.07 Å². The number of alkyl halides is 6. The standard InChI is InChI=1S/C25H25F6NO4/c1-14-7-15(10-18(8-14)23(34,24(26,27)28)25(29,30)31)9-17-11-16-12-20(32-3-5-36-6-4-32)21(35-2)13-19(16)22(17)33/h7-8,10,12-13,17,34H,3-6,9,11H2,1-2H3. The van der Waals surface area contributed by atoms with E-state index in [0.29, 0.717) is 49.7 Å². The summed E-state index contributed by atoms with van der Waals surface area (Å²) < 4.78 is 91.3. The summed E-state index contributed by atoms with van der Waals surface area (Å²) in [6.45, 7) is 3.70. The average molecular weight is 517 g/mol. The van der Waals surface area contributed by atoms with Crippen LogP contribution in [0.3, 0.4) is 0 Å². The smallest absolute Gasteiger partial charge is 0.430 e. The van der Waals surface area contributed by atoms with Crippen LogP contribution in [0.25, 0.3) is 0 Å². The van der Waals surface area contributed by atoms with Gasteiger partial charge in [0.1, 0.15) is 5.75 Å². The zero-order chi connectivity index (χ0) is 26.5. The van der Waals surface area contributed by atoms with E-state index < -0.39 is 29.4 Å². The molecule has 2 aromatic carbocycles. The maximum Gasteiger partial charge on any atom is 0.430 e. The van der Waals surface area contributed by atoms with Gasteiger partial charge < -0.3 is 19.5 Å². The topological polar surface area (TPSA) is 59.0 Å². The molecule has 2 aromatic rings. The Morgan fingerprint density at radius 1 is 1.03 bits per heavy atom. The third-order valence-electron chi connectivity index (χ3n) is 6.72. The fourth-order valence-corrected chi connectivity index (χ4v) is 4.93. The molecular weight excluding hydrogens is 492 g/mol. The van der Waals surface area contributed by atoms with Gasteiger partial charge in [-0.3, -0.25) is 4.79 Å². The molecular formula is C25H25F6NO4. The van der Waals surface area contributed by atoms with Gasteiger partial charge in [0.2, 0.25) is 0 Å². The van der Waals surface area contributed by atoms with E-state index in [-0.39, 0.29) is 29.8 Å². The van der Waals surface area contributed by atoms with Crippen molar-refractivity contribution >= 4 is 11.5 Å². The number of halogens is 6. The van der Waals surface area contributed by atoms with Crippen LogP contribution in [0.15, 0.2) is 30.3 Å². The number of Topliss-reactive ketones (excluding diaryl/α,β-unsaturated/α-hetero) is 1. The molecule has 1 heterocycles. The second kappa shape index (κ2) is 9.26. The van der Waals surface area contributed by atoms with E-state index in [9.17, 15) is 36.2 Å². The van der Waals surface area contributed by atoms with Crippen molar-refractivity contribution in [3.63, 3.8) is 0 Å². The highest BCUT2D eigenvalue weighted by atomic mass is 19.4. The van der Waals surface area contributed by atoms with Gasteiger partial charge in [0.15, 0.2) is 5.78 Å². The van der Waals surface area contributed by atoms with Crippen LogP contribution < -0.4 is 9.64 Å². The van der Waals surface area contributed by atoms with Crippen molar-refractivity contribution in [3.05, 3.63) is 58.1 Å². The van der Waals surface area contributed by atoms with E-state index >= 15 is 0 Å². The number of ketones is 1. The SMILES string of the molecule is COc1cc2c(cc1N1CCOCC1)CC(Cc1cc(C)cc(C(O)(C(F)(F)F)C(F)(F)F)c1)C2=O. The fourth-order valence-electron chi connectivity index (χ4n) is 4.93. The molecule has 0 radical (unpaired) electrons. The number of carbonyl (C=O) groups is 1. The molecule has 4 rings (SSSR count).